The lowest BCUT2D eigenvalue weighted by atomic mass is 10.2. The van der Waals surface area contributed by atoms with Gasteiger partial charge in [0.15, 0.2) is 11.5 Å². The Hall–Kier alpha value is -2.15. The van der Waals surface area contributed by atoms with Gasteiger partial charge in [0.2, 0.25) is 11.5 Å². The molecule has 0 atom stereocenters. The monoisotopic (exact) mass is 408 g/mol. The number of furan rings is 1. The van der Waals surface area contributed by atoms with Crippen molar-refractivity contribution in [2.24, 2.45) is 0 Å². The fourth-order valence-electron chi connectivity index (χ4n) is 2.24. The Bertz CT molecular complexity index is 841. The Balaban J connectivity index is 2.80. The van der Waals surface area contributed by atoms with Crippen LogP contribution in [0.25, 0.3) is 11.5 Å². The molecule has 0 aliphatic rings. The molecule has 2 aromatic heterocycles. The van der Waals surface area contributed by atoms with E-state index in [-0.39, 0.29) is 34.5 Å². The van der Waals surface area contributed by atoms with Crippen LogP contribution >= 0.6 is 0 Å². The van der Waals surface area contributed by atoms with E-state index >= 15 is 0 Å². The minimum Gasteiger partial charge on any atom is -0.538 e. The zero-order chi connectivity index (χ0) is 21.3. The summed E-state index contributed by atoms with van der Waals surface area (Å²) in [4.78, 5) is 12.7. The third kappa shape index (κ3) is 4.81. The fourth-order valence-corrected chi connectivity index (χ4v) is 3.24. The number of rotatable bonds is 7. The third-order valence-electron chi connectivity index (χ3n) is 4.61. The summed E-state index contributed by atoms with van der Waals surface area (Å²) in [5.74, 6) is 1.25. The lowest BCUT2D eigenvalue weighted by molar-refractivity contribution is 0.184. The molecule has 0 spiro atoms. The van der Waals surface area contributed by atoms with Crippen LogP contribution in [-0.2, 0) is 0 Å². The molecular formula is C21H32O6Si. The zero-order valence-corrected chi connectivity index (χ0v) is 19.3. The summed E-state index contributed by atoms with van der Waals surface area (Å²) in [5, 5.41) is -0.0717. The van der Waals surface area contributed by atoms with Crippen LogP contribution in [0, 0.1) is 0 Å². The molecule has 2 rings (SSSR count). The molecule has 0 saturated carbocycles. The van der Waals surface area contributed by atoms with Crippen molar-refractivity contribution in [3.8, 4) is 28.8 Å². The van der Waals surface area contributed by atoms with Crippen molar-refractivity contribution in [1.29, 1.82) is 0 Å². The van der Waals surface area contributed by atoms with E-state index in [0.717, 1.165) is 0 Å². The SMILES string of the molecule is CC(C)Oc1c(O[Si](C)(C)C(C)(C)C)c(-c2ccco2)oc(=O)c1OC(C)C. The van der Waals surface area contributed by atoms with Crippen LogP contribution in [0.1, 0.15) is 48.5 Å². The van der Waals surface area contributed by atoms with Gasteiger partial charge in [0.05, 0.1) is 18.5 Å². The first-order chi connectivity index (χ1) is 12.8. The van der Waals surface area contributed by atoms with Crippen molar-refractivity contribution >= 4 is 8.32 Å². The van der Waals surface area contributed by atoms with E-state index in [9.17, 15) is 4.79 Å². The van der Waals surface area contributed by atoms with Crippen molar-refractivity contribution in [1.82, 2.24) is 0 Å². The van der Waals surface area contributed by atoms with Gasteiger partial charge in [0.1, 0.15) is 0 Å². The molecule has 0 aromatic carbocycles. The van der Waals surface area contributed by atoms with Crippen molar-refractivity contribution < 1.29 is 22.7 Å². The molecule has 0 bridgehead atoms. The molecule has 0 amide bonds. The smallest absolute Gasteiger partial charge is 0.383 e. The molecule has 28 heavy (non-hydrogen) atoms. The molecule has 0 aliphatic carbocycles. The van der Waals surface area contributed by atoms with E-state index in [1.807, 2.05) is 27.7 Å². The summed E-state index contributed by atoms with van der Waals surface area (Å²) in [6.45, 7) is 18.1. The molecule has 0 radical (unpaired) electrons. The van der Waals surface area contributed by atoms with Crippen LogP contribution in [0.15, 0.2) is 32.0 Å². The fraction of sp³-hybridized carbons (Fsp3) is 0.571. The van der Waals surface area contributed by atoms with Gasteiger partial charge in [0.25, 0.3) is 14.1 Å². The average Bonchev–Trinajstić information content (AvgIpc) is 3.05. The van der Waals surface area contributed by atoms with E-state index in [4.69, 9.17) is 22.7 Å². The molecule has 0 unspecified atom stereocenters. The molecule has 7 heteroatoms. The summed E-state index contributed by atoms with van der Waals surface area (Å²) >= 11 is 0. The highest BCUT2D eigenvalue weighted by atomic mass is 28.4. The Morgan fingerprint density at radius 1 is 0.964 bits per heavy atom. The van der Waals surface area contributed by atoms with Gasteiger partial charge in [-0.05, 0) is 58.0 Å². The summed E-state index contributed by atoms with van der Waals surface area (Å²) in [6.07, 6.45) is 1.10. The maximum Gasteiger partial charge on any atom is 0.383 e. The van der Waals surface area contributed by atoms with Crippen LogP contribution < -0.4 is 19.5 Å². The number of hydrogen-bond donors (Lipinski definition) is 0. The molecule has 2 aromatic rings. The highest BCUT2D eigenvalue weighted by molar-refractivity contribution is 6.74. The Kier molecular flexibility index (Phi) is 6.38. The topological polar surface area (TPSA) is 71.0 Å². The predicted octanol–water partition coefficient (Wildman–Crippen LogP) is 5.86. The van der Waals surface area contributed by atoms with Gasteiger partial charge in [-0.25, -0.2) is 4.79 Å². The summed E-state index contributed by atoms with van der Waals surface area (Å²) in [5.41, 5.74) is -0.627. The van der Waals surface area contributed by atoms with E-state index in [2.05, 4.69) is 33.9 Å². The van der Waals surface area contributed by atoms with E-state index < -0.39 is 13.9 Å². The van der Waals surface area contributed by atoms with Crippen molar-refractivity contribution in [2.75, 3.05) is 0 Å². The standard InChI is InChI=1S/C21H32O6Si/c1-13(2)24-17-18(27-28(8,9)21(5,6)7)16(15-11-10-12-23-15)26-20(22)19(17)25-14(3)4/h10-14H,1-9H3. The maximum atomic E-state index is 12.7. The number of hydrogen-bond acceptors (Lipinski definition) is 6. The van der Waals surface area contributed by atoms with E-state index in [1.54, 1.807) is 12.1 Å². The Morgan fingerprint density at radius 2 is 1.54 bits per heavy atom. The summed E-state index contributed by atoms with van der Waals surface area (Å²) in [6, 6.07) is 3.45. The lowest BCUT2D eigenvalue weighted by Gasteiger charge is -2.37. The highest BCUT2D eigenvalue weighted by Gasteiger charge is 2.42. The highest BCUT2D eigenvalue weighted by Crippen LogP contribution is 2.47. The quantitative estimate of drug-likeness (QED) is 0.535. The van der Waals surface area contributed by atoms with Crippen LogP contribution in [0.5, 0.6) is 17.2 Å². The van der Waals surface area contributed by atoms with Crippen molar-refractivity contribution in [3.63, 3.8) is 0 Å². The second kappa shape index (κ2) is 8.07. The third-order valence-corrected chi connectivity index (χ3v) is 8.94. The van der Waals surface area contributed by atoms with Gasteiger partial charge in [-0.2, -0.15) is 0 Å². The van der Waals surface area contributed by atoms with Crippen LogP contribution in [0.2, 0.25) is 18.1 Å². The first-order valence-electron chi connectivity index (χ1n) is 9.60. The van der Waals surface area contributed by atoms with Crippen molar-refractivity contribution in [3.05, 3.63) is 28.8 Å². The minimum absolute atomic E-state index is 0.0210. The average molecular weight is 409 g/mol. The largest absolute Gasteiger partial charge is 0.538 e. The minimum atomic E-state index is -2.29. The van der Waals surface area contributed by atoms with Crippen LogP contribution in [-0.4, -0.2) is 20.5 Å². The van der Waals surface area contributed by atoms with Crippen LogP contribution in [0.3, 0.4) is 0 Å². The van der Waals surface area contributed by atoms with Gasteiger partial charge in [-0.3, -0.25) is 0 Å². The Labute approximate surface area is 167 Å². The summed E-state index contributed by atoms with van der Waals surface area (Å²) < 4.78 is 29.5. The van der Waals surface area contributed by atoms with Gasteiger partial charge in [0, 0.05) is 0 Å². The van der Waals surface area contributed by atoms with Gasteiger partial charge < -0.3 is 22.7 Å². The normalized spacial score (nSPS) is 12.5. The second-order valence-electron chi connectivity index (χ2n) is 8.88. The maximum absolute atomic E-state index is 12.7. The van der Waals surface area contributed by atoms with Crippen LogP contribution in [0.4, 0.5) is 0 Å². The first kappa shape index (κ1) is 22.1. The predicted molar refractivity (Wildman–Crippen MR) is 112 cm³/mol. The molecule has 156 valence electrons. The molecular weight excluding hydrogens is 376 g/mol. The van der Waals surface area contributed by atoms with E-state index in [0.29, 0.717) is 11.5 Å². The van der Waals surface area contributed by atoms with Gasteiger partial charge in [-0.1, -0.05) is 20.8 Å². The second-order valence-corrected chi connectivity index (χ2v) is 13.6. The molecule has 0 fully saturated rings. The first-order valence-corrected chi connectivity index (χ1v) is 12.5. The zero-order valence-electron chi connectivity index (χ0n) is 18.3. The molecule has 0 saturated heterocycles. The molecule has 6 nitrogen and oxygen atoms in total. The molecule has 0 aliphatic heterocycles. The van der Waals surface area contributed by atoms with E-state index in [1.165, 1.54) is 6.26 Å². The number of ether oxygens (including phenoxy) is 2. The summed E-state index contributed by atoms with van der Waals surface area (Å²) in [7, 11) is -2.29. The molecule has 0 N–H and O–H groups in total. The van der Waals surface area contributed by atoms with Crippen molar-refractivity contribution in [2.45, 2.75) is 78.8 Å². The lowest BCUT2D eigenvalue weighted by Crippen LogP contribution is -2.44. The Morgan fingerprint density at radius 3 is 2.00 bits per heavy atom. The van der Waals surface area contributed by atoms with Gasteiger partial charge >= 0.3 is 5.63 Å². The van der Waals surface area contributed by atoms with Gasteiger partial charge in [-0.15, -0.1) is 0 Å². The molecule has 2 heterocycles.